The van der Waals surface area contributed by atoms with Crippen LogP contribution in [0.3, 0.4) is 0 Å². The molecule has 1 unspecified atom stereocenters. The van der Waals surface area contributed by atoms with Gasteiger partial charge in [0.05, 0.1) is 5.69 Å². The van der Waals surface area contributed by atoms with Crippen molar-refractivity contribution in [3.63, 3.8) is 0 Å². The summed E-state index contributed by atoms with van der Waals surface area (Å²) in [4.78, 5) is 4.35. The lowest BCUT2D eigenvalue weighted by atomic mass is 9.88. The summed E-state index contributed by atoms with van der Waals surface area (Å²) in [6.07, 6.45) is -0.269. The van der Waals surface area contributed by atoms with Crippen LogP contribution in [0.5, 0.6) is 5.75 Å². The third-order valence-electron chi connectivity index (χ3n) is 2.97. The number of phenolic OH excluding ortho intramolecular Hbond substituents is 1. The standard InChI is InChI=1S/C14H19N3O3/c1-14(2,3)11(19-4)12-16-13(20-17-12)8-5-6-10(18)9(15)7-8/h5-7,11,18H,15H2,1-4H3. The van der Waals surface area contributed by atoms with Crippen molar-refractivity contribution < 1.29 is 14.4 Å². The molecule has 1 heterocycles. The summed E-state index contributed by atoms with van der Waals surface area (Å²) in [5.41, 5.74) is 6.43. The Morgan fingerprint density at radius 2 is 2.05 bits per heavy atom. The van der Waals surface area contributed by atoms with Crippen molar-refractivity contribution in [3.8, 4) is 17.2 Å². The van der Waals surface area contributed by atoms with E-state index in [1.807, 2.05) is 20.8 Å². The van der Waals surface area contributed by atoms with Crippen LogP contribution in [0, 0.1) is 5.41 Å². The van der Waals surface area contributed by atoms with Crippen LogP contribution in [0.1, 0.15) is 32.7 Å². The molecule has 0 bridgehead atoms. The van der Waals surface area contributed by atoms with Crippen LogP contribution in [0.4, 0.5) is 5.69 Å². The van der Waals surface area contributed by atoms with Crippen molar-refractivity contribution in [1.29, 1.82) is 0 Å². The number of hydrogen-bond acceptors (Lipinski definition) is 6. The molecule has 108 valence electrons. The van der Waals surface area contributed by atoms with Crippen LogP contribution in [0.2, 0.25) is 0 Å². The van der Waals surface area contributed by atoms with Gasteiger partial charge in [0.15, 0.2) is 0 Å². The summed E-state index contributed by atoms with van der Waals surface area (Å²) < 4.78 is 10.7. The minimum atomic E-state index is -0.269. The van der Waals surface area contributed by atoms with Gasteiger partial charge < -0.3 is 20.1 Å². The number of phenols is 1. The van der Waals surface area contributed by atoms with E-state index in [0.29, 0.717) is 17.3 Å². The number of aromatic nitrogens is 2. The molecule has 0 radical (unpaired) electrons. The zero-order chi connectivity index (χ0) is 14.9. The minimum absolute atomic E-state index is 0.0259. The number of rotatable bonds is 3. The quantitative estimate of drug-likeness (QED) is 0.661. The van der Waals surface area contributed by atoms with Crippen LogP contribution in [0.25, 0.3) is 11.5 Å². The van der Waals surface area contributed by atoms with Gasteiger partial charge in [-0.25, -0.2) is 0 Å². The Morgan fingerprint density at radius 1 is 1.35 bits per heavy atom. The van der Waals surface area contributed by atoms with Gasteiger partial charge in [-0.1, -0.05) is 25.9 Å². The number of nitrogens with two attached hydrogens (primary N) is 1. The van der Waals surface area contributed by atoms with E-state index in [4.69, 9.17) is 15.0 Å². The lowest BCUT2D eigenvalue weighted by molar-refractivity contribution is 0.00718. The number of benzene rings is 1. The lowest BCUT2D eigenvalue weighted by Crippen LogP contribution is -2.21. The molecule has 0 amide bonds. The smallest absolute Gasteiger partial charge is 0.258 e. The zero-order valence-corrected chi connectivity index (χ0v) is 12.0. The predicted molar refractivity (Wildman–Crippen MR) is 75.0 cm³/mol. The van der Waals surface area contributed by atoms with E-state index in [9.17, 15) is 5.11 Å². The number of ether oxygens (including phenoxy) is 1. The summed E-state index contributed by atoms with van der Waals surface area (Å²) in [5, 5.41) is 13.4. The van der Waals surface area contributed by atoms with Gasteiger partial charge in [0.25, 0.3) is 5.89 Å². The monoisotopic (exact) mass is 277 g/mol. The number of methoxy groups -OCH3 is 1. The van der Waals surface area contributed by atoms with Gasteiger partial charge in [-0.05, 0) is 23.6 Å². The number of hydrogen-bond donors (Lipinski definition) is 2. The average Bonchev–Trinajstić information content (AvgIpc) is 2.81. The molecule has 1 atom stereocenters. The van der Waals surface area contributed by atoms with Gasteiger partial charge in [0.1, 0.15) is 11.9 Å². The lowest BCUT2D eigenvalue weighted by Gasteiger charge is -2.26. The van der Waals surface area contributed by atoms with Crippen molar-refractivity contribution in [2.45, 2.75) is 26.9 Å². The molecule has 0 aliphatic heterocycles. The molecule has 6 heteroatoms. The molecule has 0 aliphatic carbocycles. The molecule has 0 saturated carbocycles. The molecule has 0 aliphatic rings. The first-order valence-corrected chi connectivity index (χ1v) is 6.28. The molecule has 2 aromatic rings. The second-order valence-corrected chi connectivity index (χ2v) is 5.71. The average molecular weight is 277 g/mol. The minimum Gasteiger partial charge on any atom is -0.506 e. The third kappa shape index (κ3) is 2.75. The van der Waals surface area contributed by atoms with Crippen LogP contribution < -0.4 is 5.73 Å². The highest BCUT2D eigenvalue weighted by atomic mass is 16.5. The molecule has 1 aromatic carbocycles. The molecule has 3 N–H and O–H groups in total. The summed E-state index contributed by atoms with van der Waals surface area (Å²) in [7, 11) is 1.62. The summed E-state index contributed by atoms with van der Waals surface area (Å²) >= 11 is 0. The van der Waals surface area contributed by atoms with E-state index < -0.39 is 0 Å². The summed E-state index contributed by atoms with van der Waals surface area (Å²) in [6.45, 7) is 6.11. The van der Waals surface area contributed by atoms with Gasteiger partial charge in [-0.3, -0.25) is 0 Å². The van der Waals surface area contributed by atoms with Crippen molar-refractivity contribution in [2.24, 2.45) is 5.41 Å². The molecule has 0 saturated heterocycles. The Balaban J connectivity index is 2.35. The number of nitrogens with zero attached hydrogens (tertiary/aromatic N) is 2. The normalized spacial score (nSPS) is 13.4. The second-order valence-electron chi connectivity index (χ2n) is 5.71. The molecule has 6 nitrogen and oxygen atoms in total. The molecule has 1 aromatic heterocycles. The molecule has 0 fully saturated rings. The van der Waals surface area contributed by atoms with Crippen LogP contribution in [-0.2, 0) is 4.74 Å². The van der Waals surface area contributed by atoms with Crippen LogP contribution >= 0.6 is 0 Å². The largest absolute Gasteiger partial charge is 0.506 e. The number of aromatic hydroxyl groups is 1. The van der Waals surface area contributed by atoms with Crippen LogP contribution in [0.15, 0.2) is 22.7 Å². The van der Waals surface area contributed by atoms with Gasteiger partial charge in [-0.15, -0.1) is 0 Å². The fraction of sp³-hybridized carbons (Fsp3) is 0.429. The maximum atomic E-state index is 9.42. The van der Waals surface area contributed by atoms with E-state index in [1.54, 1.807) is 19.2 Å². The highest BCUT2D eigenvalue weighted by Gasteiger charge is 2.30. The summed E-state index contributed by atoms with van der Waals surface area (Å²) in [6, 6.07) is 4.75. The molecule has 20 heavy (non-hydrogen) atoms. The van der Waals surface area contributed by atoms with E-state index in [2.05, 4.69) is 10.1 Å². The predicted octanol–water partition coefficient (Wildman–Crippen LogP) is 2.76. The topological polar surface area (TPSA) is 94.4 Å². The Bertz CT molecular complexity index is 602. The zero-order valence-electron chi connectivity index (χ0n) is 12.0. The van der Waals surface area contributed by atoms with Crippen molar-refractivity contribution in [3.05, 3.63) is 24.0 Å². The first-order valence-electron chi connectivity index (χ1n) is 6.28. The number of anilines is 1. The first kappa shape index (κ1) is 14.3. The van der Waals surface area contributed by atoms with Gasteiger partial charge >= 0.3 is 0 Å². The first-order chi connectivity index (χ1) is 9.32. The maximum Gasteiger partial charge on any atom is 0.258 e. The molecule has 0 spiro atoms. The van der Waals surface area contributed by atoms with Gasteiger partial charge in [-0.2, -0.15) is 4.98 Å². The maximum absolute atomic E-state index is 9.42. The van der Waals surface area contributed by atoms with E-state index in [1.165, 1.54) is 6.07 Å². The van der Waals surface area contributed by atoms with E-state index in [0.717, 1.165) is 0 Å². The summed E-state index contributed by atoms with van der Waals surface area (Å²) in [5.74, 6) is 0.859. The highest BCUT2D eigenvalue weighted by Crippen LogP contribution is 2.35. The van der Waals surface area contributed by atoms with Gasteiger partial charge in [0.2, 0.25) is 5.82 Å². The number of nitrogen functional groups attached to an aromatic ring is 1. The molecular weight excluding hydrogens is 258 g/mol. The molecular formula is C14H19N3O3. The van der Waals surface area contributed by atoms with Crippen LogP contribution in [-0.4, -0.2) is 22.4 Å². The van der Waals surface area contributed by atoms with E-state index >= 15 is 0 Å². The van der Waals surface area contributed by atoms with Crippen molar-refractivity contribution in [1.82, 2.24) is 10.1 Å². The molecule has 2 rings (SSSR count). The highest BCUT2D eigenvalue weighted by molar-refractivity contribution is 5.64. The SMILES string of the molecule is COC(c1noc(-c2ccc(O)c(N)c2)n1)C(C)(C)C. The second kappa shape index (κ2) is 5.13. The van der Waals surface area contributed by atoms with Gasteiger partial charge in [0, 0.05) is 12.7 Å². The van der Waals surface area contributed by atoms with E-state index in [-0.39, 0.29) is 23.0 Å². The Morgan fingerprint density at radius 3 is 2.60 bits per heavy atom. The fourth-order valence-electron chi connectivity index (χ4n) is 1.99. The van der Waals surface area contributed by atoms with Crippen molar-refractivity contribution >= 4 is 5.69 Å². The van der Waals surface area contributed by atoms with Crippen molar-refractivity contribution in [2.75, 3.05) is 12.8 Å². The Hall–Kier alpha value is -2.08. The Labute approximate surface area is 117 Å². The fourth-order valence-corrected chi connectivity index (χ4v) is 1.99. The Kier molecular flexibility index (Phi) is 3.67. The third-order valence-corrected chi connectivity index (χ3v) is 2.97.